The van der Waals surface area contributed by atoms with Crippen LogP contribution in [-0.4, -0.2) is 13.2 Å². The van der Waals surface area contributed by atoms with Gasteiger partial charge in [0.15, 0.2) is 0 Å². The molecule has 1 aliphatic rings. The molecule has 1 heteroatoms. The lowest BCUT2D eigenvalue weighted by atomic mass is 9.72. The van der Waals surface area contributed by atoms with Gasteiger partial charge in [-0.25, -0.2) is 0 Å². The van der Waals surface area contributed by atoms with Gasteiger partial charge in [-0.2, -0.15) is 0 Å². The van der Waals surface area contributed by atoms with Crippen LogP contribution in [0.15, 0.2) is 23.3 Å². The number of rotatable bonds is 3. The Morgan fingerprint density at radius 1 is 1.40 bits per heavy atom. The zero-order valence-electron chi connectivity index (χ0n) is 10.8. The third-order valence-corrected chi connectivity index (χ3v) is 3.45. The Bertz CT molecular complexity index is 271. The molecule has 1 rings (SSSR count). The number of hydrogen-bond acceptors (Lipinski definition) is 1. The van der Waals surface area contributed by atoms with E-state index >= 15 is 0 Å². The van der Waals surface area contributed by atoms with E-state index in [1.807, 2.05) is 0 Å². The summed E-state index contributed by atoms with van der Waals surface area (Å²) in [5, 5.41) is 0. The summed E-state index contributed by atoms with van der Waals surface area (Å²) in [6, 6.07) is 0. The van der Waals surface area contributed by atoms with Crippen molar-refractivity contribution in [3.63, 3.8) is 0 Å². The summed E-state index contributed by atoms with van der Waals surface area (Å²) in [6.07, 6.45) is 8.52. The summed E-state index contributed by atoms with van der Waals surface area (Å²) in [5.74, 6) is 0. The van der Waals surface area contributed by atoms with Crippen LogP contribution < -0.4 is 0 Å². The van der Waals surface area contributed by atoms with E-state index in [0.29, 0.717) is 5.41 Å². The maximum atomic E-state index is 5.24. The number of ether oxygens (including phenoxy) is 1. The van der Waals surface area contributed by atoms with Crippen LogP contribution in [0.3, 0.4) is 0 Å². The van der Waals surface area contributed by atoms with Gasteiger partial charge in [0.1, 0.15) is 0 Å². The zero-order valence-corrected chi connectivity index (χ0v) is 10.8. The van der Waals surface area contributed by atoms with Gasteiger partial charge in [0.2, 0.25) is 0 Å². The summed E-state index contributed by atoms with van der Waals surface area (Å²) in [4.78, 5) is 0. The first kappa shape index (κ1) is 12.5. The lowest BCUT2D eigenvalue weighted by molar-refractivity contribution is 0.156. The maximum absolute atomic E-state index is 5.24. The Morgan fingerprint density at radius 2 is 2.07 bits per heavy atom. The van der Waals surface area contributed by atoms with E-state index in [9.17, 15) is 0 Å². The molecule has 0 heterocycles. The monoisotopic (exact) mass is 208 g/mol. The van der Waals surface area contributed by atoms with E-state index < -0.39 is 0 Å². The number of allylic oxidation sites excluding steroid dienone is 3. The van der Waals surface area contributed by atoms with Crippen LogP contribution in [0.1, 0.15) is 47.0 Å². The van der Waals surface area contributed by atoms with Gasteiger partial charge in [-0.3, -0.25) is 0 Å². The van der Waals surface area contributed by atoms with Crippen molar-refractivity contribution in [1.29, 1.82) is 0 Å². The lowest BCUT2D eigenvalue weighted by Crippen LogP contribution is -2.19. The van der Waals surface area contributed by atoms with Crippen molar-refractivity contribution < 1.29 is 4.74 Å². The largest absolute Gasteiger partial charge is 0.378 e. The van der Waals surface area contributed by atoms with Crippen molar-refractivity contribution in [2.24, 2.45) is 5.41 Å². The summed E-state index contributed by atoms with van der Waals surface area (Å²) >= 11 is 0. The fourth-order valence-corrected chi connectivity index (χ4v) is 2.32. The molecule has 1 unspecified atom stereocenters. The third-order valence-electron chi connectivity index (χ3n) is 3.45. The van der Waals surface area contributed by atoms with Crippen molar-refractivity contribution in [1.82, 2.24) is 0 Å². The minimum Gasteiger partial charge on any atom is -0.378 e. The van der Waals surface area contributed by atoms with E-state index in [0.717, 1.165) is 0 Å². The van der Waals surface area contributed by atoms with E-state index in [-0.39, 0.29) is 6.10 Å². The fourth-order valence-electron chi connectivity index (χ4n) is 2.32. The highest BCUT2D eigenvalue weighted by atomic mass is 16.5. The zero-order chi connectivity index (χ0) is 11.5. The van der Waals surface area contributed by atoms with Gasteiger partial charge in [-0.15, -0.1) is 0 Å². The average Bonchev–Trinajstić information content (AvgIpc) is 2.15. The fraction of sp³-hybridized carbons (Fsp3) is 0.714. The van der Waals surface area contributed by atoms with Crippen LogP contribution in [0.25, 0.3) is 0 Å². The predicted octanol–water partition coefficient (Wildman–Crippen LogP) is 4.10. The van der Waals surface area contributed by atoms with Crippen molar-refractivity contribution in [2.75, 3.05) is 7.11 Å². The van der Waals surface area contributed by atoms with Gasteiger partial charge in [-0.05, 0) is 44.1 Å². The molecule has 1 nitrogen and oxygen atoms in total. The first-order valence-corrected chi connectivity index (χ1v) is 5.88. The second-order valence-electron chi connectivity index (χ2n) is 5.23. The maximum Gasteiger partial charge on any atom is 0.0727 e. The van der Waals surface area contributed by atoms with Gasteiger partial charge in [0.25, 0.3) is 0 Å². The molecular weight excluding hydrogens is 184 g/mol. The van der Waals surface area contributed by atoms with Gasteiger partial charge >= 0.3 is 0 Å². The van der Waals surface area contributed by atoms with Gasteiger partial charge < -0.3 is 4.74 Å². The summed E-state index contributed by atoms with van der Waals surface area (Å²) in [6.45, 7) is 9.01. The summed E-state index contributed by atoms with van der Waals surface area (Å²) in [5.41, 5.74) is 3.40. The van der Waals surface area contributed by atoms with Crippen LogP contribution in [0.2, 0.25) is 0 Å². The van der Waals surface area contributed by atoms with E-state index in [1.54, 1.807) is 12.7 Å². The normalized spacial score (nSPS) is 23.5. The topological polar surface area (TPSA) is 9.23 Å². The predicted molar refractivity (Wildman–Crippen MR) is 65.9 cm³/mol. The molecule has 0 fully saturated rings. The van der Waals surface area contributed by atoms with Crippen molar-refractivity contribution in [3.8, 4) is 0 Å². The molecular formula is C14H24O. The Hall–Kier alpha value is -0.560. The standard InChI is InChI=1S/C14H24O/c1-11-7-6-10-14(3,4)13(11)9-8-12(2)15-5/h8-9,12H,6-7,10H2,1-5H3. The molecule has 15 heavy (non-hydrogen) atoms. The van der Waals surface area contributed by atoms with Gasteiger partial charge in [0.05, 0.1) is 6.10 Å². The molecule has 0 aromatic rings. The summed E-state index contributed by atoms with van der Waals surface area (Å²) in [7, 11) is 1.75. The minimum absolute atomic E-state index is 0.211. The van der Waals surface area contributed by atoms with E-state index in [2.05, 4.69) is 39.8 Å². The SMILES string of the molecule is COC(C)C=CC1=C(C)CCCC1(C)C. The van der Waals surface area contributed by atoms with Crippen molar-refractivity contribution in [2.45, 2.75) is 53.1 Å². The molecule has 1 aliphatic carbocycles. The second-order valence-corrected chi connectivity index (χ2v) is 5.23. The Morgan fingerprint density at radius 3 is 2.60 bits per heavy atom. The molecule has 0 aliphatic heterocycles. The smallest absolute Gasteiger partial charge is 0.0727 e. The molecule has 0 saturated carbocycles. The molecule has 0 aromatic carbocycles. The minimum atomic E-state index is 0.211. The Labute approximate surface area is 94.2 Å². The van der Waals surface area contributed by atoms with Crippen LogP contribution in [-0.2, 0) is 4.74 Å². The first-order chi connectivity index (χ1) is 6.97. The van der Waals surface area contributed by atoms with Crippen molar-refractivity contribution >= 4 is 0 Å². The van der Waals surface area contributed by atoms with E-state index in [1.165, 1.54) is 24.8 Å². The quantitative estimate of drug-likeness (QED) is 0.678. The molecule has 0 bridgehead atoms. The first-order valence-electron chi connectivity index (χ1n) is 5.88. The number of hydrogen-bond donors (Lipinski definition) is 0. The molecule has 86 valence electrons. The molecule has 0 N–H and O–H groups in total. The molecule has 1 atom stereocenters. The van der Waals surface area contributed by atoms with Crippen LogP contribution in [0.5, 0.6) is 0 Å². The highest BCUT2D eigenvalue weighted by Crippen LogP contribution is 2.40. The molecule has 0 spiro atoms. The second kappa shape index (κ2) is 4.98. The summed E-state index contributed by atoms with van der Waals surface area (Å²) < 4.78 is 5.24. The average molecular weight is 208 g/mol. The molecule has 0 saturated heterocycles. The van der Waals surface area contributed by atoms with Crippen molar-refractivity contribution in [3.05, 3.63) is 23.3 Å². The number of methoxy groups -OCH3 is 1. The molecule has 0 aromatic heterocycles. The molecule has 0 amide bonds. The molecule has 0 radical (unpaired) electrons. The Kier molecular flexibility index (Phi) is 4.15. The highest BCUT2D eigenvalue weighted by Gasteiger charge is 2.26. The van der Waals surface area contributed by atoms with Crippen LogP contribution in [0.4, 0.5) is 0 Å². The van der Waals surface area contributed by atoms with E-state index in [4.69, 9.17) is 4.74 Å². The van der Waals surface area contributed by atoms with Crippen LogP contribution in [0, 0.1) is 5.41 Å². The highest BCUT2D eigenvalue weighted by molar-refractivity contribution is 5.32. The Balaban J connectivity index is 2.85. The van der Waals surface area contributed by atoms with Crippen LogP contribution >= 0.6 is 0 Å². The lowest BCUT2D eigenvalue weighted by Gasteiger charge is -2.33. The van der Waals surface area contributed by atoms with Gasteiger partial charge in [0, 0.05) is 7.11 Å². The van der Waals surface area contributed by atoms with Gasteiger partial charge in [-0.1, -0.05) is 31.6 Å². The third kappa shape index (κ3) is 3.20.